The van der Waals surface area contributed by atoms with Gasteiger partial charge in [-0.15, -0.1) is 0 Å². The Morgan fingerprint density at radius 3 is 2.33 bits per heavy atom. The van der Waals surface area contributed by atoms with Gasteiger partial charge in [0.2, 0.25) is 5.91 Å². The lowest BCUT2D eigenvalue weighted by atomic mass is 10.00. The first-order valence-corrected chi connectivity index (χ1v) is 7.99. The molecule has 0 bridgehead atoms. The summed E-state index contributed by atoms with van der Waals surface area (Å²) in [5, 5.41) is 0. The molecule has 0 fully saturated rings. The maximum absolute atomic E-state index is 11.9. The SMILES string of the molecule is CCC(C)(CCOC(C)(C)N)ONC(=O)CCN1C(=O)C=CC1=O. The molecule has 1 atom stereocenters. The second kappa shape index (κ2) is 8.36. The predicted molar refractivity (Wildman–Crippen MR) is 87.2 cm³/mol. The maximum atomic E-state index is 11.9. The van der Waals surface area contributed by atoms with Crippen LogP contribution in [0.3, 0.4) is 0 Å². The minimum Gasteiger partial charge on any atom is -0.361 e. The van der Waals surface area contributed by atoms with Crippen LogP contribution in [-0.4, -0.2) is 47.1 Å². The lowest BCUT2D eigenvalue weighted by Crippen LogP contribution is -2.42. The summed E-state index contributed by atoms with van der Waals surface area (Å²) in [6.45, 7) is 7.73. The highest BCUT2D eigenvalue weighted by atomic mass is 16.7. The molecule has 0 aromatic carbocycles. The van der Waals surface area contributed by atoms with E-state index in [1.165, 1.54) is 12.2 Å². The number of imide groups is 1. The highest BCUT2D eigenvalue weighted by molar-refractivity contribution is 6.13. The molecule has 0 radical (unpaired) electrons. The molecule has 1 rings (SSSR count). The smallest absolute Gasteiger partial charge is 0.253 e. The van der Waals surface area contributed by atoms with Crippen LogP contribution in [0.2, 0.25) is 0 Å². The van der Waals surface area contributed by atoms with Crippen LogP contribution in [0.15, 0.2) is 12.2 Å². The summed E-state index contributed by atoms with van der Waals surface area (Å²) >= 11 is 0. The van der Waals surface area contributed by atoms with E-state index in [0.717, 1.165) is 4.90 Å². The highest BCUT2D eigenvalue weighted by Crippen LogP contribution is 2.19. The van der Waals surface area contributed by atoms with Gasteiger partial charge in [0, 0.05) is 31.5 Å². The van der Waals surface area contributed by atoms with Crippen molar-refractivity contribution in [2.75, 3.05) is 13.2 Å². The van der Waals surface area contributed by atoms with Crippen molar-refractivity contribution in [2.24, 2.45) is 5.73 Å². The summed E-state index contributed by atoms with van der Waals surface area (Å²) in [4.78, 5) is 41.1. The van der Waals surface area contributed by atoms with Gasteiger partial charge in [-0.1, -0.05) is 6.92 Å². The molecule has 24 heavy (non-hydrogen) atoms. The number of carbonyl (C=O) groups is 3. The molecule has 3 amide bonds. The van der Waals surface area contributed by atoms with Gasteiger partial charge >= 0.3 is 0 Å². The quantitative estimate of drug-likeness (QED) is 0.342. The van der Waals surface area contributed by atoms with Gasteiger partial charge in [-0.3, -0.25) is 24.1 Å². The Labute approximate surface area is 142 Å². The number of amides is 3. The van der Waals surface area contributed by atoms with Crippen LogP contribution in [0.25, 0.3) is 0 Å². The number of nitrogens with one attached hydrogen (secondary N) is 1. The van der Waals surface area contributed by atoms with Gasteiger partial charge in [-0.2, -0.15) is 0 Å². The van der Waals surface area contributed by atoms with E-state index in [1.54, 1.807) is 13.8 Å². The number of nitrogens with zero attached hydrogens (tertiary/aromatic N) is 1. The van der Waals surface area contributed by atoms with Crippen LogP contribution >= 0.6 is 0 Å². The standard InChI is InChI=1S/C16H27N3O5/c1-5-16(4,9-11-23-15(2,3)17)24-18-12(20)8-10-19-13(21)6-7-14(19)22/h6-7H,5,8-11,17H2,1-4H3,(H,18,20). The zero-order valence-electron chi connectivity index (χ0n) is 14.8. The van der Waals surface area contributed by atoms with Gasteiger partial charge in [0.05, 0.1) is 12.2 Å². The van der Waals surface area contributed by atoms with E-state index in [-0.39, 0.29) is 13.0 Å². The molecule has 0 aromatic heterocycles. The second-order valence-electron chi connectivity index (χ2n) is 6.54. The topological polar surface area (TPSA) is 111 Å². The zero-order valence-corrected chi connectivity index (χ0v) is 14.8. The molecule has 136 valence electrons. The molecule has 8 nitrogen and oxygen atoms in total. The monoisotopic (exact) mass is 341 g/mol. The van der Waals surface area contributed by atoms with Crippen LogP contribution in [0.1, 0.15) is 47.0 Å². The predicted octanol–water partition coefficient (Wildman–Crippen LogP) is 0.620. The minimum atomic E-state index is -0.721. The van der Waals surface area contributed by atoms with E-state index in [4.69, 9.17) is 15.3 Å². The summed E-state index contributed by atoms with van der Waals surface area (Å²) in [6, 6.07) is 0. The average Bonchev–Trinajstić information content (AvgIpc) is 2.80. The van der Waals surface area contributed by atoms with Gasteiger partial charge in [-0.25, -0.2) is 5.48 Å². The first kappa shape index (κ1) is 20.3. The van der Waals surface area contributed by atoms with Crippen molar-refractivity contribution in [3.8, 4) is 0 Å². The molecule has 1 heterocycles. The molecular weight excluding hydrogens is 314 g/mol. The Morgan fingerprint density at radius 2 is 1.83 bits per heavy atom. The Balaban J connectivity index is 2.34. The van der Waals surface area contributed by atoms with Crippen molar-refractivity contribution in [3.05, 3.63) is 12.2 Å². The first-order valence-electron chi connectivity index (χ1n) is 7.99. The third-order valence-corrected chi connectivity index (χ3v) is 3.73. The largest absolute Gasteiger partial charge is 0.361 e. The summed E-state index contributed by atoms with van der Waals surface area (Å²) in [6.07, 6.45) is 3.56. The lowest BCUT2D eigenvalue weighted by Gasteiger charge is -2.29. The van der Waals surface area contributed by atoms with Crippen molar-refractivity contribution in [1.82, 2.24) is 10.4 Å². The Bertz CT molecular complexity index is 494. The molecule has 0 saturated carbocycles. The summed E-state index contributed by atoms with van der Waals surface area (Å²) in [5.41, 5.74) is 6.82. The van der Waals surface area contributed by atoms with Crippen LogP contribution < -0.4 is 11.2 Å². The Kier molecular flexibility index (Phi) is 7.07. The number of ether oxygens (including phenoxy) is 1. The number of hydrogen-bond donors (Lipinski definition) is 2. The van der Waals surface area contributed by atoms with Gasteiger partial charge in [-0.05, 0) is 27.2 Å². The molecule has 1 unspecified atom stereocenters. The highest BCUT2D eigenvalue weighted by Gasteiger charge is 2.27. The van der Waals surface area contributed by atoms with Crippen molar-refractivity contribution in [3.63, 3.8) is 0 Å². The first-order chi connectivity index (χ1) is 11.1. The fourth-order valence-electron chi connectivity index (χ4n) is 1.93. The molecule has 8 heteroatoms. The van der Waals surface area contributed by atoms with Crippen LogP contribution in [-0.2, 0) is 24.0 Å². The van der Waals surface area contributed by atoms with E-state index in [9.17, 15) is 14.4 Å². The summed E-state index contributed by atoms with van der Waals surface area (Å²) in [5.74, 6) is -1.22. The Morgan fingerprint density at radius 1 is 1.25 bits per heavy atom. The Hall–Kier alpha value is -1.77. The molecular formula is C16H27N3O5. The third-order valence-electron chi connectivity index (χ3n) is 3.73. The van der Waals surface area contributed by atoms with Gasteiger partial charge in [0.15, 0.2) is 0 Å². The molecule has 0 aromatic rings. The van der Waals surface area contributed by atoms with E-state index in [2.05, 4.69) is 5.48 Å². The molecule has 3 N–H and O–H groups in total. The van der Waals surface area contributed by atoms with Gasteiger partial charge in [0.1, 0.15) is 5.72 Å². The fourth-order valence-corrected chi connectivity index (χ4v) is 1.93. The number of rotatable bonds is 10. The van der Waals surface area contributed by atoms with Crippen LogP contribution in [0.5, 0.6) is 0 Å². The molecule has 1 aliphatic heterocycles. The van der Waals surface area contributed by atoms with Gasteiger partial charge in [0.25, 0.3) is 11.8 Å². The molecule has 0 saturated heterocycles. The fraction of sp³-hybridized carbons (Fsp3) is 0.688. The summed E-state index contributed by atoms with van der Waals surface area (Å²) in [7, 11) is 0. The van der Waals surface area contributed by atoms with Gasteiger partial charge < -0.3 is 10.5 Å². The van der Waals surface area contributed by atoms with Crippen molar-refractivity contribution < 1.29 is 24.0 Å². The lowest BCUT2D eigenvalue weighted by molar-refractivity contribution is -0.157. The number of carbonyl (C=O) groups excluding carboxylic acids is 3. The number of hydrogen-bond acceptors (Lipinski definition) is 6. The van der Waals surface area contributed by atoms with Crippen LogP contribution in [0, 0.1) is 0 Å². The van der Waals surface area contributed by atoms with Crippen molar-refractivity contribution in [1.29, 1.82) is 0 Å². The van der Waals surface area contributed by atoms with Crippen molar-refractivity contribution >= 4 is 17.7 Å². The van der Waals surface area contributed by atoms with E-state index >= 15 is 0 Å². The van der Waals surface area contributed by atoms with Crippen molar-refractivity contribution in [2.45, 2.75) is 58.3 Å². The maximum Gasteiger partial charge on any atom is 0.253 e. The summed E-state index contributed by atoms with van der Waals surface area (Å²) < 4.78 is 5.47. The van der Waals surface area contributed by atoms with E-state index < -0.39 is 29.0 Å². The number of nitrogens with two attached hydrogens (primary N) is 1. The normalized spacial score (nSPS) is 17.3. The molecule has 1 aliphatic rings. The minimum absolute atomic E-state index is 0.0210. The zero-order chi connectivity index (χ0) is 18.4. The van der Waals surface area contributed by atoms with E-state index in [1.807, 2.05) is 13.8 Å². The second-order valence-corrected chi connectivity index (χ2v) is 6.54. The average molecular weight is 341 g/mol. The number of hydroxylamine groups is 1. The van der Waals surface area contributed by atoms with Crippen LogP contribution in [0.4, 0.5) is 0 Å². The third kappa shape index (κ3) is 6.77. The molecule has 0 spiro atoms. The van der Waals surface area contributed by atoms with E-state index in [0.29, 0.717) is 19.4 Å². The molecule has 0 aliphatic carbocycles.